The highest BCUT2D eigenvalue weighted by Gasteiger charge is 2.38. The molecule has 0 fully saturated rings. The molecule has 0 saturated carbocycles. The van der Waals surface area contributed by atoms with Crippen molar-refractivity contribution < 1.29 is 19.8 Å². The number of nitrogens with zero attached hydrogens (tertiary/aromatic N) is 1. The Hall–Kier alpha value is -2.01. The smallest absolute Gasteiger partial charge is 0.215 e. The second kappa shape index (κ2) is 7.71. The van der Waals surface area contributed by atoms with Crippen LogP contribution in [0.15, 0.2) is 22.9 Å². The van der Waals surface area contributed by atoms with E-state index in [9.17, 15) is 19.8 Å². The van der Waals surface area contributed by atoms with Gasteiger partial charge in [-0.2, -0.15) is 0 Å². The molecule has 0 heterocycles. The van der Waals surface area contributed by atoms with Gasteiger partial charge >= 0.3 is 0 Å². The zero-order chi connectivity index (χ0) is 17.9. The minimum atomic E-state index is -0.632. The van der Waals surface area contributed by atoms with Crippen molar-refractivity contribution in [1.29, 1.82) is 0 Å². The fourth-order valence-corrected chi connectivity index (χ4v) is 3.09. The highest BCUT2D eigenvalue weighted by Crippen LogP contribution is 2.39. The number of hydrogen-bond donors (Lipinski definition) is 2. The van der Waals surface area contributed by atoms with Crippen LogP contribution in [0.1, 0.15) is 60.2 Å². The summed E-state index contributed by atoms with van der Waals surface area (Å²) >= 11 is 6.21. The molecule has 0 saturated heterocycles. The van der Waals surface area contributed by atoms with Gasteiger partial charge in [-0.15, -0.1) is 0 Å². The Morgan fingerprint density at radius 2 is 1.38 bits per heavy atom. The lowest BCUT2D eigenvalue weighted by Gasteiger charge is -2.30. The monoisotopic (exact) mass is 351 g/mol. The molecule has 130 valence electrons. The zero-order valence-corrected chi connectivity index (χ0v) is 14.7. The van der Waals surface area contributed by atoms with Crippen molar-refractivity contribution in [3.63, 3.8) is 0 Å². The normalized spacial score (nSPS) is 14.1. The van der Waals surface area contributed by atoms with E-state index >= 15 is 0 Å². The number of carbonyl (C=O) groups excluding carboxylic acids is 2. The molecule has 0 unspecified atom stereocenters. The van der Waals surface area contributed by atoms with Crippen LogP contribution >= 0.6 is 11.6 Å². The summed E-state index contributed by atoms with van der Waals surface area (Å²) in [6.07, 6.45) is 3.60. The molecule has 6 heteroatoms. The van der Waals surface area contributed by atoms with Crippen LogP contribution in [-0.4, -0.2) is 39.8 Å². The van der Waals surface area contributed by atoms with Gasteiger partial charge in [0, 0.05) is 13.1 Å². The summed E-state index contributed by atoms with van der Waals surface area (Å²) in [5.74, 6) is -1.83. The van der Waals surface area contributed by atoms with Gasteiger partial charge in [0.15, 0.2) is 0 Å². The fourth-order valence-electron chi connectivity index (χ4n) is 2.79. The zero-order valence-electron chi connectivity index (χ0n) is 13.9. The number of ketones is 2. The Kier molecular flexibility index (Phi) is 5.89. The Morgan fingerprint density at radius 1 is 0.917 bits per heavy atom. The van der Waals surface area contributed by atoms with Gasteiger partial charge in [-0.1, -0.05) is 38.3 Å². The summed E-state index contributed by atoms with van der Waals surface area (Å²) < 4.78 is 0. The number of phenolic OH excluding ortho intramolecular Hbond substituents is 2. The van der Waals surface area contributed by atoms with Crippen molar-refractivity contribution >= 4 is 23.2 Å². The quantitative estimate of drug-likeness (QED) is 0.730. The van der Waals surface area contributed by atoms with E-state index < -0.39 is 11.6 Å². The van der Waals surface area contributed by atoms with Gasteiger partial charge in [-0.3, -0.25) is 9.59 Å². The first-order valence-corrected chi connectivity index (χ1v) is 8.60. The largest absolute Gasteiger partial charge is 0.507 e. The molecule has 0 atom stereocenters. The third-order valence-corrected chi connectivity index (χ3v) is 4.47. The van der Waals surface area contributed by atoms with E-state index in [0.29, 0.717) is 13.1 Å². The van der Waals surface area contributed by atoms with Crippen LogP contribution in [0.25, 0.3) is 0 Å². The Labute approximate surface area is 146 Å². The molecule has 0 aromatic heterocycles. The molecule has 0 bridgehead atoms. The number of phenols is 2. The van der Waals surface area contributed by atoms with Crippen molar-refractivity contribution in [3.8, 4) is 11.5 Å². The maximum absolute atomic E-state index is 12.9. The van der Waals surface area contributed by atoms with Crippen LogP contribution in [-0.2, 0) is 0 Å². The summed E-state index contributed by atoms with van der Waals surface area (Å²) in [4.78, 5) is 27.3. The van der Waals surface area contributed by atoms with Crippen LogP contribution in [0.5, 0.6) is 11.5 Å². The van der Waals surface area contributed by atoms with E-state index in [0.717, 1.165) is 25.7 Å². The number of halogens is 1. The van der Waals surface area contributed by atoms with E-state index in [4.69, 9.17) is 11.6 Å². The number of Topliss-reactive ketones (excluding diaryl/α,β-unsaturated/α-hetero) is 2. The summed E-state index contributed by atoms with van der Waals surface area (Å²) in [6, 6.07) is 2.39. The van der Waals surface area contributed by atoms with E-state index in [-0.39, 0.29) is 33.4 Å². The van der Waals surface area contributed by atoms with E-state index in [1.807, 2.05) is 18.7 Å². The molecule has 2 N–H and O–H groups in total. The van der Waals surface area contributed by atoms with Crippen LogP contribution < -0.4 is 0 Å². The molecular formula is C18H22ClNO4. The van der Waals surface area contributed by atoms with Gasteiger partial charge in [-0.05, 0) is 25.0 Å². The second-order valence-electron chi connectivity index (χ2n) is 5.87. The molecule has 1 aromatic carbocycles. The lowest BCUT2D eigenvalue weighted by molar-refractivity contribution is 0.0940. The minimum absolute atomic E-state index is 0.122. The Morgan fingerprint density at radius 3 is 1.83 bits per heavy atom. The van der Waals surface area contributed by atoms with Gasteiger partial charge in [0.1, 0.15) is 22.2 Å². The second-order valence-corrected chi connectivity index (χ2v) is 6.25. The lowest BCUT2D eigenvalue weighted by atomic mass is 9.90. The van der Waals surface area contributed by atoms with Gasteiger partial charge < -0.3 is 15.1 Å². The summed E-state index contributed by atoms with van der Waals surface area (Å²) in [5, 5.41) is 19.8. The number of benzene rings is 1. The number of allylic oxidation sites excluding steroid dienone is 2. The van der Waals surface area contributed by atoms with Crippen molar-refractivity contribution in [3.05, 3.63) is 34.0 Å². The molecule has 2 rings (SSSR count). The third-order valence-electron chi connectivity index (χ3n) is 4.12. The van der Waals surface area contributed by atoms with Crippen molar-refractivity contribution in [2.24, 2.45) is 0 Å². The third kappa shape index (κ3) is 3.26. The van der Waals surface area contributed by atoms with Gasteiger partial charge in [0.2, 0.25) is 11.6 Å². The topological polar surface area (TPSA) is 77.8 Å². The van der Waals surface area contributed by atoms with Crippen LogP contribution in [0.2, 0.25) is 0 Å². The average molecular weight is 352 g/mol. The molecule has 1 aliphatic rings. The van der Waals surface area contributed by atoms with E-state index in [2.05, 4.69) is 0 Å². The van der Waals surface area contributed by atoms with E-state index in [1.165, 1.54) is 12.1 Å². The van der Waals surface area contributed by atoms with Crippen LogP contribution in [0, 0.1) is 0 Å². The molecule has 0 radical (unpaired) electrons. The standard InChI is InChI=1S/C18H22ClNO4/c1-3-5-9-20(10-6-4-2)16-15(19)17(23)13-11(21)7-8-12(22)14(13)18(16)24/h7-8,21-22H,3-6,9-10H2,1-2H3. The minimum Gasteiger partial charge on any atom is -0.507 e. The molecule has 0 amide bonds. The number of aromatic hydroxyl groups is 2. The van der Waals surface area contributed by atoms with Crippen LogP contribution in [0.3, 0.4) is 0 Å². The van der Waals surface area contributed by atoms with Crippen molar-refractivity contribution in [2.75, 3.05) is 13.1 Å². The maximum Gasteiger partial charge on any atom is 0.215 e. The molecule has 24 heavy (non-hydrogen) atoms. The van der Waals surface area contributed by atoms with Crippen LogP contribution in [0.4, 0.5) is 0 Å². The first-order valence-electron chi connectivity index (χ1n) is 8.23. The number of unbranched alkanes of at least 4 members (excludes halogenated alkanes) is 2. The summed E-state index contributed by atoms with van der Waals surface area (Å²) in [7, 11) is 0. The first kappa shape index (κ1) is 18.3. The van der Waals surface area contributed by atoms with Gasteiger partial charge in [0.25, 0.3) is 0 Å². The average Bonchev–Trinajstić information content (AvgIpc) is 2.56. The summed E-state index contributed by atoms with van der Waals surface area (Å²) in [6.45, 7) is 5.30. The fraction of sp³-hybridized carbons (Fsp3) is 0.444. The Balaban J connectivity index is 2.53. The van der Waals surface area contributed by atoms with E-state index in [1.54, 1.807) is 0 Å². The SMILES string of the molecule is CCCCN(CCCC)C1=C(Cl)C(=O)c2c(O)ccc(O)c2C1=O. The number of hydrogen-bond acceptors (Lipinski definition) is 5. The molecular weight excluding hydrogens is 330 g/mol. The van der Waals surface area contributed by atoms with Gasteiger partial charge in [-0.25, -0.2) is 0 Å². The highest BCUT2D eigenvalue weighted by molar-refractivity contribution is 6.50. The predicted octanol–water partition coefficient (Wildman–Crippen LogP) is 3.83. The molecule has 5 nitrogen and oxygen atoms in total. The highest BCUT2D eigenvalue weighted by atomic mass is 35.5. The summed E-state index contributed by atoms with van der Waals surface area (Å²) in [5.41, 5.74) is -0.269. The first-order chi connectivity index (χ1) is 11.4. The number of rotatable bonds is 7. The Bertz CT molecular complexity index is 689. The number of fused-ring (bicyclic) bond motifs is 1. The molecule has 0 spiro atoms. The van der Waals surface area contributed by atoms with Gasteiger partial charge in [0.05, 0.1) is 11.1 Å². The number of carbonyl (C=O) groups is 2. The molecule has 0 aliphatic heterocycles. The molecule has 1 aliphatic carbocycles. The maximum atomic E-state index is 12.9. The van der Waals surface area contributed by atoms with Crippen molar-refractivity contribution in [2.45, 2.75) is 39.5 Å². The predicted molar refractivity (Wildman–Crippen MR) is 92.7 cm³/mol. The van der Waals surface area contributed by atoms with Crippen molar-refractivity contribution in [1.82, 2.24) is 4.90 Å². The lowest BCUT2D eigenvalue weighted by Crippen LogP contribution is -2.34. The molecule has 1 aromatic rings.